The SMILES string of the molecule is CCCCCCCCCCCCCCCCCC(=O)C[C@@H](CCC(=O)NCCOCCOCC(=O)NCCOCCOCC(=O)NCCCC[C@H](CC(=O)C(C)(C)NC(=O)[C@@H](N)Cc1cnc[nH]1)C(=O)CCC(C)=O)C(=O)O.[HH]. The highest BCUT2D eigenvalue weighted by atomic mass is 16.5. The number of H-pyrrole nitrogens is 1. The van der Waals surface area contributed by atoms with Crippen molar-refractivity contribution in [2.24, 2.45) is 17.6 Å². The van der Waals surface area contributed by atoms with Crippen LogP contribution in [0, 0.1) is 11.8 Å². The molecule has 4 amide bonds. The number of hydrogen-bond donors (Lipinski definition) is 7. The molecule has 78 heavy (non-hydrogen) atoms. The van der Waals surface area contributed by atoms with Gasteiger partial charge in [-0.25, -0.2) is 4.98 Å². The second-order valence-corrected chi connectivity index (χ2v) is 20.9. The van der Waals surface area contributed by atoms with Crippen molar-refractivity contribution in [3.63, 3.8) is 0 Å². The molecule has 1 heterocycles. The third-order valence-electron chi connectivity index (χ3n) is 13.3. The normalized spacial score (nSPS) is 12.6. The number of amides is 4. The first-order valence-electron chi connectivity index (χ1n) is 28.9. The van der Waals surface area contributed by atoms with Crippen LogP contribution in [0.5, 0.6) is 0 Å². The van der Waals surface area contributed by atoms with E-state index in [0.717, 1.165) is 19.3 Å². The van der Waals surface area contributed by atoms with Gasteiger partial charge in [0.15, 0.2) is 5.78 Å². The molecule has 448 valence electrons. The van der Waals surface area contributed by atoms with Crippen molar-refractivity contribution < 1.29 is 68.6 Å². The van der Waals surface area contributed by atoms with E-state index in [1.807, 2.05) is 0 Å². The van der Waals surface area contributed by atoms with E-state index in [1.165, 1.54) is 90.3 Å². The predicted molar refractivity (Wildman–Crippen MR) is 298 cm³/mol. The zero-order valence-electron chi connectivity index (χ0n) is 47.8. The van der Waals surface area contributed by atoms with E-state index in [9.17, 15) is 48.3 Å². The fourth-order valence-corrected chi connectivity index (χ4v) is 8.47. The molecule has 21 heteroatoms. The van der Waals surface area contributed by atoms with E-state index in [2.05, 4.69) is 38.2 Å². The molecule has 0 saturated carbocycles. The highest BCUT2D eigenvalue weighted by molar-refractivity contribution is 5.96. The largest absolute Gasteiger partial charge is 0.481 e. The maximum atomic E-state index is 13.4. The Balaban J connectivity index is 0.0000608. The van der Waals surface area contributed by atoms with E-state index >= 15 is 0 Å². The predicted octanol–water partition coefficient (Wildman–Crippen LogP) is 6.22. The van der Waals surface area contributed by atoms with Gasteiger partial charge in [-0.05, 0) is 46.5 Å². The van der Waals surface area contributed by atoms with Gasteiger partial charge < -0.3 is 60.8 Å². The molecule has 0 saturated heterocycles. The molecular formula is C57H101N7O14. The number of ether oxygens (including phenoxy) is 4. The Hall–Kier alpha value is -4.96. The summed E-state index contributed by atoms with van der Waals surface area (Å²) in [5.74, 6) is -4.90. The maximum Gasteiger partial charge on any atom is 0.306 e. The summed E-state index contributed by atoms with van der Waals surface area (Å²) in [5.41, 5.74) is 5.42. The molecule has 1 aromatic heterocycles. The number of carboxylic acid groups (broad SMARTS) is 1. The number of aromatic nitrogens is 2. The standard InChI is InChI=1S/C57H99N7O14.H2/c1-5-6-7-8-9-10-11-12-13-14-15-16-17-18-19-23-48(66)37-46(56(73)74)25-27-52(69)61-29-31-75-33-36-78-42-54(71)62-30-32-76-34-35-77-41-53(70)60-28-21-20-22-45(50(67)26-24-44(2)65)38-51(68)57(3,4)64-55(72)49(58)39-47-40-59-43-63-47;/h40,43,45-46,49H,5-39,41-42,58H2,1-4H3,(H,59,63)(H,60,70)(H,61,69)(H,62,71)(H,64,72)(H,73,74);1H/t45-,46-,49+;/m1./s1. The number of nitrogens with one attached hydrogen (secondary N) is 5. The fourth-order valence-electron chi connectivity index (χ4n) is 8.47. The van der Waals surface area contributed by atoms with Gasteiger partial charge >= 0.3 is 5.97 Å². The lowest BCUT2D eigenvalue weighted by Crippen LogP contribution is -2.55. The average molecular weight is 1110 g/mol. The average Bonchev–Trinajstić information content (AvgIpc) is 3.91. The Bertz CT molecular complexity index is 1850. The van der Waals surface area contributed by atoms with Crippen LogP contribution in [-0.2, 0) is 68.5 Å². The molecule has 0 aromatic carbocycles. The summed E-state index contributed by atoms with van der Waals surface area (Å²) in [6.45, 7) is 8.24. The van der Waals surface area contributed by atoms with Gasteiger partial charge in [0.05, 0.1) is 63.5 Å². The molecule has 0 fully saturated rings. The monoisotopic (exact) mass is 1110 g/mol. The third-order valence-corrected chi connectivity index (χ3v) is 13.3. The summed E-state index contributed by atoms with van der Waals surface area (Å²) in [7, 11) is 0. The fraction of sp³-hybridized carbons (Fsp3) is 0.789. The van der Waals surface area contributed by atoms with E-state index in [0.29, 0.717) is 37.9 Å². The minimum atomic E-state index is -1.30. The number of rotatable bonds is 54. The van der Waals surface area contributed by atoms with Crippen LogP contribution < -0.4 is 27.0 Å². The number of unbranched alkanes of at least 4 members (excludes halogenated alkanes) is 15. The van der Waals surface area contributed by atoms with Crippen LogP contribution in [0.2, 0.25) is 0 Å². The van der Waals surface area contributed by atoms with Crippen molar-refractivity contribution in [1.29, 1.82) is 0 Å². The number of nitrogens with two attached hydrogens (primary N) is 1. The Kier molecular flexibility index (Phi) is 41.8. The maximum absolute atomic E-state index is 13.4. The first-order valence-corrected chi connectivity index (χ1v) is 28.9. The van der Waals surface area contributed by atoms with Gasteiger partial charge in [-0.1, -0.05) is 103 Å². The third kappa shape index (κ3) is 39.4. The smallest absolute Gasteiger partial charge is 0.306 e. The molecule has 1 aromatic rings. The lowest BCUT2D eigenvalue weighted by Gasteiger charge is -2.28. The van der Waals surface area contributed by atoms with Crippen LogP contribution in [0.25, 0.3) is 0 Å². The molecule has 1 rings (SSSR count). The number of nitrogens with zero attached hydrogens (tertiary/aromatic N) is 1. The van der Waals surface area contributed by atoms with Crippen molar-refractivity contribution in [2.75, 3.05) is 72.5 Å². The Labute approximate surface area is 465 Å². The molecule has 3 atom stereocenters. The number of carboxylic acids is 1. The van der Waals surface area contributed by atoms with E-state index < -0.39 is 35.3 Å². The van der Waals surface area contributed by atoms with E-state index in [1.54, 1.807) is 20.0 Å². The molecule has 21 nitrogen and oxygen atoms in total. The number of aliphatic carboxylic acids is 1. The number of imidazole rings is 1. The van der Waals surface area contributed by atoms with Crippen LogP contribution in [0.1, 0.15) is 195 Å². The molecule has 8 N–H and O–H groups in total. The van der Waals surface area contributed by atoms with Crippen LogP contribution >= 0.6 is 0 Å². The Morgan fingerprint density at radius 2 is 1.14 bits per heavy atom. The van der Waals surface area contributed by atoms with Gasteiger partial charge in [-0.2, -0.15) is 0 Å². The zero-order chi connectivity index (χ0) is 57.7. The number of hydrogen-bond acceptors (Lipinski definition) is 15. The van der Waals surface area contributed by atoms with E-state index in [4.69, 9.17) is 24.7 Å². The molecule has 0 radical (unpaired) electrons. The van der Waals surface area contributed by atoms with Crippen LogP contribution in [-0.4, -0.2) is 152 Å². The summed E-state index contributed by atoms with van der Waals surface area (Å²) in [5, 5.41) is 20.4. The number of ketones is 4. The quantitative estimate of drug-likeness (QED) is 0.0356. The zero-order valence-corrected chi connectivity index (χ0v) is 47.8. The van der Waals surface area contributed by atoms with Crippen molar-refractivity contribution >= 4 is 52.7 Å². The lowest BCUT2D eigenvalue weighted by atomic mass is 9.84. The molecule has 0 aliphatic heterocycles. The number of carbonyl (C=O) groups is 9. The van der Waals surface area contributed by atoms with E-state index in [-0.39, 0.29) is 153 Å². The Morgan fingerprint density at radius 3 is 1.67 bits per heavy atom. The summed E-state index contributed by atoms with van der Waals surface area (Å²) in [6, 6.07) is -0.922. The highest BCUT2D eigenvalue weighted by Crippen LogP contribution is 2.22. The van der Waals surface area contributed by atoms with Crippen molar-refractivity contribution in [3.8, 4) is 0 Å². The lowest BCUT2D eigenvalue weighted by molar-refractivity contribution is -0.144. The van der Waals surface area contributed by atoms with Gasteiger partial charge in [0.25, 0.3) is 0 Å². The molecule has 0 bridgehead atoms. The number of aromatic amines is 1. The summed E-state index contributed by atoms with van der Waals surface area (Å²) in [4.78, 5) is 119. The van der Waals surface area contributed by atoms with Gasteiger partial charge in [0, 0.05) is 83.8 Å². The number of carbonyl (C=O) groups excluding carboxylic acids is 8. The van der Waals surface area contributed by atoms with Gasteiger partial charge in [0.2, 0.25) is 23.6 Å². The summed E-state index contributed by atoms with van der Waals surface area (Å²) >= 11 is 0. The van der Waals surface area contributed by atoms with Crippen molar-refractivity contribution in [1.82, 2.24) is 31.2 Å². The van der Waals surface area contributed by atoms with Gasteiger partial charge in [0.1, 0.15) is 30.6 Å². The van der Waals surface area contributed by atoms with Crippen molar-refractivity contribution in [2.45, 2.75) is 206 Å². The molecule has 0 aliphatic rings. The van der Waals surface area contributed by atoms with Crippen LogP contribution in [0.4, 0.5) is 0 Å². The molecule has 0 aliphatic carbocycles. The van der Waals surface area contributed by atoms with Crippen molar-refractivity contribution in [3.05, 3.63) is 18.2 Å². The minimum Gasteiger partial charge on any atom is -0.481 e. The molecule has 0 unspecified atom stereocenters. The Morgan fingerprint density at radius 1 is 0.615 bits per heavy atom. The highest BCUT2D eigenvalue weighted by Gasteiger charge is 2.34. The molecule has 0 spiro atoms. The molecular weight excluding hydrogens is 1010 g/mol. The second-order valence-electron chi connectivity index (χ2n) is 20.9. The minimum absolute atomic E-state index is 0. The second kappa shape index (κ2) is 45.9. The van der Waals surface area contributed by atoms with Gasteiger partial charge in [-0.3, -0.25) is 38.4 Å². The first kappa shape index (κ1) is 71.1. The van der Waals surface area contributed by atoms with Gasteiger partial charge in [-0.15, -0.1) is 0 Å². The topological polar surface area (TPSA) is 314 Å². The van der Waals surface area contributed by atoms with Crippen LogP contribution in [0.15, 0.2) is 12.5 Å². The first-order chi connectivity index (χ1) is 37.4. The summed E-state index contributed by atoms with van der Waals surface area (Å²) in [6.07, 6.45) is 23.6. The van der Waals surface area contributed by atoms with Crippen LogP contribution in [0.3, 0.4) is 0 Å². The summed E-state index contributed by atoms with van der Waals surface area (Å²) < 4.78 is 21.6. The number of Topliss-reactive ketones (excluding diaryl/α,β-unsaturated/α-hetero) is 4.